The van der Waals surface area contributed by atoms with Gasteiger partial charge in [-0.25, -0.2) is 9.18 Å². The van der Waals surface area contributed by atoms with Gasteiger partial charge < -0.3 is 19.5 Å². The fourth-order valence-electron chi connectivity index (χ4n) is 4.31. The summed E-state index contributed by atoms with van der Waals surface area (Å²) < 4.78 is 18.5. The number of fused-ring (bicyclic) bond motifs is 1. The summed E-state index contributed by atoms with van der Waals surface area (Å²) in [5.41, 5.74) is 1.26. The number of nitrogens with zero attached hydrogens (tertiary/aromatic N) is 3. The first-order valence-corrected chi connectivity index (χ1v) is 10.3. The lowest BCUT2D eigenvalue weighted by atomic mass is 10.0. The number of hydrogen-bond acceptors (Lipinski definition) is 4. The first-order valence-electron chi connectivity index (χ1n) is 10.3. The maximum atomic E-state index is 13.4. The molecule has 2 aliphatic heterocycles. The van der Waals surface area contributed by atoms with E-state index in [4.69, 9.17) is 4.74 Å². The summed E-state index contributed by atoms with van der Waals surface area (Å²) >= 11 is 0. The Morgan fingerprint density at radius 3 is 2.69 bits per heavy atom. The van der Waals surface area contributed by atoms with Crippen LogP contribution in [-0.4, -0.2) is 83.6 Å². The van der Waals surface area contributed by atoms with Crippen molar-refractivity contribution >= 4 is 22.9 Å². The number of carbonyl (C=O) groups is 2. The summed E-state index contributed by atoms with van der Waals surface area (Å²) in [6, 6.07) is 6.50. The summed E-state index contributed by atoms with van der Waals surface area (Å²) in [6.07, 6.45) is 1.74. The average Bonchev–Trinajstić information content (AvgIpc) is 3.17. The maximum Gasteiger partial charge on any atom is 0.409 e. The smallest absolute Gasteiger partial charge is 0.409 e. The van der Waals surface area contributed by atoms with Crippen molar-refractivity contribution < 1.29 is 18.7 Å². The molecule has 1 aromatic heterocycles. The van der Waals surface area contributed by atoms with Gasteiger partial charge in [0.25, 0.3) is 5.91 Å². The molecule has 2 aliphatic rings. The van der Waals surface area contributed by atoms with Crippen LogP contribution in [0.3, 0.4) is 0 Å². The lowest BCUT2D eigenvalue weighted by Crippen LogP contribution is -2.56. The number of hydrogen-bond donors (Lipinski definition) is 1. The van der Waals surface area contributed by atoms with Crippen molar-refractivity contribution in [3.63, 3.8) is 0 Å². The molecule has 7 nitrogen and oxygen atoms in total. The lowest BCUT2D eigenvalue weighted by molar-refractivity contribution is 0.0376. The molecule has 1 aromatic carbocycles. The van der Waals surface area contributed by atoms with Crippen LogP contribution in [0.4, 0.5) is 9.18 Å². The highest BCUT2D eigenvalue weighted by Crippen LogP contribution is 2.22. The number of ether oxygens (including phenoxy) is 1. The van der Waals surface area contributed by atoms with Crippen molar-refractivity contribution in [2.24, 2.45) is 0 Å². The minimum atomic E-state index is -0.310. The maximum absolute atomic E-state index is 13.4. The molecule has 2 amide bonds. The Hall–Kier alpha value is -2.61. The Balaban J connectivity index is 1.38. The molecule has 1 N–H and O–H groups in total. The van der Waals surface area contributed by atoms with Crippen LogP contribution >= 0.6 is 0 Å². The van der Waals surface area contributed by atoms with Crippen LogP contribution in [0.5, 0.6) is 0 Å². The standard InChI is InChI=1S/C21H27FN4O3/c1-2-29-21(28)25-10-8-24(9-11-25)17-4-3-7-26(14-17)20(27)19-13-15-12-16(22)5-6-18(15)23-19/h5-6,12-13,17,23H,2-4,7-11,14H2,1H3. The molecule has 8 heteroatoms. The topological polar surface area (TPSA) is 68.9 Å². The van der Waals surface area contributed by atoms with Gasteiger partial charge in [-0.3, -0.25) is 9.69 Å². The monoisotopic (exact) mass is 402 g/mol. The van der Waals surface area contributed by atoms with E-state index < -0.39 is 0 Å². The van der Waals surface area contributed by atoms with E-state index in [1.807, 2.05) is 11.8 Å². The molecule has 156 valence electrons. The summed E-state index contributed by atoms with van der Waals surface area (Å²) in [4.78, 5) is 34.0. The first-order chi connectivity index (χ1) is 14.0. The highest BCUT2D eigenvalue weighted by Gasteiger charge is 2.32. The Labute approximate surface area is 169 Å². The summed E-state index contributed by atoms with van der Waals surface area (Å²) in [5.74, 6) is -0.355. The number of aromatic amines is 1. The van der Waals surface area contributed by atoms with Gasteiger partial charge in [-0.1, -0.05) is 0 Å². The van der Waals surface area contributed by atoms with Gasteiger partial charge in [0.15, 0.2) is 0 Å². The largest absolute Gasteiger partial charge is 0.450 e. The molecule has 0 aliphatic carbocycles. The van der Waals surface area contributed by atoms with E-state index in [1.54, 1.807) is 17.0 Å². The van der Waals surface area contributed by atoms with Crippen molar-refractivity contribution in [1.29, 1.82) is 0 Å². The SMILES string of the molecule is CCOC(=O)N1CCN(C2CCCN(C(=O)c3cc4cc(F)ccc4[nH]3)C2)CC1. The number of amides is 2. The highest BCUT2D eigenvalue weighted by atomic mass is 19.1. The molecule has 2 fully saturated rings. The van der Waals surface area contributed by atoms with Crippen molar-refractivity contribution in [2.45, 2.75) is 25.8 Å². The number of likely N-dealkylation sites (tertiary alicyclic amines) is 1. The van der Waals surface area contributed by atoms with Gasteiger partial charge in [0.05, 0.1) is 6.61 Å². The molecule has 0 spiro atoms. The van der Waals surface area contributed by atoms with Crippen LogP contribution in [-0.2, 0) is 4.74 Å². The number of halogens is 1. The molecule has 0 saturated carbocycles. The molecular weight excluding hydrogens is 375 g/mol. The predicted octanol–water partition coefficient (Wildman–Crippen LogP) is 2.69. The minimum absolute atomic E-state index is 0.0449. The highest BCUT2D eigenvalue weighted by molar-refractivity contribution is 5.98. The van der Waals surface area contributed by atoms with Gasteiger partial charge in [-0.05, 0) is 44.0 Å². The number of H-pyrrole nitrogens is 1. The molecule has 3 heterocycles. The van der Waals surface area contributed by atoms with Crippen LogP contribution in [0.1, 0.15) is 30.3 Å². The van der Waals surface area contributed by atoms with E-state index in [1.165, 1.54) is 12.1 Å². The van der Waals surface area contributed by atoms with Gasteiger partial charge in [0.2, 0.25) is 0 Å². The van der Waals surface area contributed by atoms with Crippen molar-refractivity contribution in [3.8, 4) is 0 Å². The normalized spacial score (nSPS) is 20.8. The number of rotatable bonds is 3. The zero-order chi connectivity index (χ0) is 20.4. The number of piperazine rings is 1. The number of piperidine rings is 1. The Morgan fingerprint density at radius 2 is 1.93 bits per heavy atom. The number of carbonyl (C=O) groups excluding carboxylic acids is 2. The molecule has 2 saturated heterocycles. The van der Waals surface area contributed by atoms with Crippen molar-refractivity contribution in [2.75, 3.05) is 45.9 Å². The van der Waals surface area contributed by atoms with E-state index in [2.05, 4.69) is 9.88 Å². The third-order valence-electron chi connectivity index (χ3n) is 5.85. The Morgan fingerprint density at radius 1 is 1.14 bits per heavy atom. The molecule has 1 atom stereocenters. The van der Waals surface area contributed by atoms with Gasteiger partial charge in [-0.2, -0.15) is 0 Å². The second-order valence-electron chi connectivity index (χ2n) is 7.68. The van der Waals surface area contributed by atoms with Crippen LogP contribution in [0, 0.1) is 5.82 Å². The molecule has 29 heavy (non-hydrogen) atoms. The van der Waals surface area contributed by atoms with Gasteiger partial charge >= 0.3 is 6.09 Å². The third-order valence-corrected chi connectivity index (χ3v) is 5.85. The minimum Gasteiger partial charge on any atom is -0.450 e. The van der Waals surface area contributed by atoms with E-state index in [0.29, 0.717) is 43.4 Å². The van der Waals surface area contributed by atoms with E-state index in [9.17, 15) is 14.0 Å². The van der Waals surface area contributed by atoms with Crippen LogP contribution in [0.2, 0.25) is 0 Å². The third kappa shape index (κ3) is 4.22. The molecule has 0 bridgehead atoms. The summed E-state index contributed by atoms with van der Waals surface area (Å²) in [7, 11) is 0. The summed E-state index contributed by atoms with van der Waals surface area (Å²) in [5, 5.41) is 0.706. The van der Waals surface area contributed by atoms with Gasteiger partial charge in [-0.15, -0.1) is 0 Å². The van der Waals surface area contributed by atoms with Crippen LogP contribution < -0.4 is 0 Å². The van der Waals surface area contributed by atoms with E-state index in [0.717, 1.165) is 38.0 Å². The van der Waals surface area contributed by atoms with Crippen LogP contribution in [0.25, 0.3) is 10.9 Å². The predicted molar refractivity (Wildman–Crippen MR) is 107 cm³/mol. The average molecular weight is 402 g/mol. The van der Waals surface area contributed by atoms with E-state index in [-0.39, 0.29) is 17.8 Å². The zero-order valence-electron chi connectivity index (χ0n) is 16.7. The van der Waals surface area contributed by atoms with Crippen molar-refractivity contribution in [3.05, 3.63) is 35.8 Å². The molecule has 1 unspecified atom stereocenters. The van der Waals surface area contributed by atoms with Gasteiger partial charge in [0.1, 0.15) is 11.5 Å². The second kappa shape index (κ2) is 8.41. The number of nitrogens with one attached hydrogen (secondary N) is 1. The quantitative estimate of drug-likeness (QED) is 0.857. The van der Waals surface area contributed by atoms with E-state index >= 15 is 0 Å². The van der Waals surface area contributed by atoms with Crippen LogP contribution in [0.15, 0.2) is 24.3 Å². The lowest BCUT2D eigenvalue weighted by Gasteiger charge is -2.43. The zero-order valence-corrected chi connectivity index (χ0v) is 16.7. The Bertz CT molecular complexity index is 891. The number of aromatic nitrogens is 1. The molecule has 0 radical (unpaired) electrons. The molecule has 2 aromatic rings. The van der Waals surface area contributed by atoms with Crippen molar-refractivity contribution in [1.82, 2.24) is 19.7 Å². The second-order valence-corrected chi connectivity index (χ2v) is 7.68. The fourth-order valence-corrected chi connectivity index (χ4v) is 4.31. The number of benzene rings is 1. The Kier molecular flexibility index (Phi) is 5.71. The first kappa shape index (κ1) is 19.7. The molecular formula is C21H27FN4O3. The van der Waals surface area contributed by atoms with Gasteiger partial charge in [0, 0.05) is 56.2 Å². The summed E-state index contributed by atoms with van der Waals surface area (Å²) in [6.45, 7) is 6.47. The fraction of sp³-hybridized carbons (Fsp3) is 0.524. The molecule has 4 rings (SSSR count).